The average molecular weight is 566 g/mol. The molecular formula is C33H35N5O4. The molecule has 0 spiro atoms. The van der Waals surface area contributed by atoms with E-state index >= 15 is 0 Å². The summed E-state index contributed by atoms with van der Waals surface area (Å²) in [6.45, 7) is 4.77. The van der Waals surface area contributed by atoms with Gasteiger partial charge in [0.25, 0.3) is 11.5 Å². The number of carboxylic acid groups (broad SMARTS) is 1. The van der Waals surface area contributed by atoms with E-state index in [-0.39, 0.29) is 11.5 Å². The van der Waals surface area contributed by atoms with Gasteiger partial charge in [-0.3, -0.25) is 14.4 Å². The predicted molar refractivity (Wildman–Crippen MR) is 166 cm³/mol. The molecule has 0 bridgehead atoms. The lowest BCUT2D eigenvalue weighted by molar-refractivity contribution is -0.134. The summed E-state index contributed by atoms with van der Waals surface area (Å²) in [7, 11) is 0. The smallest absolute Gasteiger partial charge is 0.300 e. The zero-order valence-corrected chi connectivity index (χ0v) is 23.9. The minimum absolute atomic E-state index is 0.00280. The quantitative estimate of drug-likeness (QED) is 0.241. The van der Waals surface area contributed by atoms with Crippen LogP contribution in [0.2, 0.25) is 0 Å². The van der Waals surface area contributed by atoms with Gasteiger partial charge in [-0.15, -0.1) is 0 Å². The number of unbranched alkanes of at least 4 members (excludes halogenated alkanes) is 1. The number of rotatable bonds is 7. The van der Waals surface area contributed by atoms with E-state index in [0.717, 1.165) is 71.7 Å². The van der Waals surface area contributed by atoms with Crippen LogP contribution in [-0.4, -0.2) is 44.6 Å². The molecule has 0 saturated carbocycles. The van der Waals surface area contributed by atoms with E-state index in [1.165, 1.54) is 5.56 Å². The van der Waals surface area contributed by atoms with Gasteiger partial charge in [-0.2, -0.15) is 0 Å². The fourth-order valence-electron chi connectivity index (χ4n) is 5.73. The second-order valence-electron chi connectivity index (χ2n) is 10.5. The number of aromatic nitrogens is 3. The number of aromatic amines is 1. The van der Waals surface area contributed by atoms with Gasteiger partial charge >= 0.3 is 0 Å². The fourth-order valence-corrected chi connectivity index (χ4v) is 5.73. The van der Waals surface area contributed by atoms with Crippen molar-refractivity contribution in [2.24, 2.45) is 5.73 Å². The molecule has 5 aromatic rings. The summed E-state index contributed by atoms with van der Waals surface area (Å²) in [6.07, 6.45) is 3.35. The fraction of sp³-hybridized carbons (Fsp3) is 0.273. The van der Waals surface area contributed by atoms with Gasteiger partial charge in [0.1, 0.15) is 5.69 Å². The number of nitrogens with one attached hydrogen (secondary N) is 1. The number of benzene rings is 3. The first-order valence-electron chi connectivity index (χ1n) is 14.2. The minimum atomic E-state index is -0.833. The minimum Gasteiger partial charge on any atom is -0.481 e. The molecule has 6 rings (SSSR count). The molecule has 1 amide bonds. The lowest BCUT2D eigenvalue weighted by atomic mass is 10.0. The van der Waals surface area contributed by atoms with Crippen LogP contribution in [0.1, 0.15) is 43.5 Å². The Morgan fingerprint density at radius 3 is 2.45 bits per heavy atom. The number of para-hydroxylation sites is 1. The van der Waals surface area contributed by atoms with E-state index in [9.17, 15) is 9.59 Å². The van der Waals surface area contributed by atoms with Gasteiger partial charge in [-0.05, 0) is 55.1 Å². The number of aryl methyl sites for hydroxylation is 1. The molecule has 0 fully saturated rings. The zero-order chi connectivity index (χ0) is 29.8. The second kappa shape index (κ2) is 12.4. The molecule has 9 nitrogen and oxygen atoms in total. The molecule has 0 aliphatic carbocycles. The number of amides is 1. The third-order valence-electron chi connectivity index (χ3n) is 7.53. The van der Waals surface area contributed by atoms with Crippen molar-refractivity contribution >= 4 is 39.5 Å². The van der Waals surface area contributed by atoms with Crippen molar-refractivity contribution in [1.82, 2.24) is 14.5 Å². The molecule has 3 aromatic carbocycles. The molecule has 9 heteroatoms. The van der Waals surface area contributed by atoms with Gasteiger partial charge in [-0.1, -0.05) is 48.5 Å². The monoisotopic (exact) mass is 565 g/mol. The maximum Gasteiger partial charge on any atom is 0.300 e. The van der Waals surface area contributed by atoms with E-state index in [1.54, 1.807) is 11.8 Å². The molecule has 42 heavy (non-hydrogen) atoms. The highest BCUT2D eigenvalue weighted by Gasteiger charge is 2.25. The summed E-state index contributed by atoms with van der Waals surface area (Å²) < 4.78 is 2.34. The molecule has 1 aliphatic rings. The van der Waals surface area contributed by atoms with Crippen LogP contribution in [0.5, 0.6) is 0 Å². The van der Waals surface area contributed by atoms with Crippen molar-refractivity contribution in [3.8, 4) is 11.3 Å². The number of anilines is 1. The van der Waals surface area contributed by atoms with Crippen LogP contribution in [0.25, 0.3) is 33.2 Å². The van der Waals surface area contributed by atoms with E-state index < -0.39 is 5.97 Å². The summed E-state index contributed by atoms with van der Waals surface area (Å²) >= 11 is 0. The van der Waals surface area contributed by atoms with Crippen LogP contribution < -0.4 is 16.2 Å². The van der Waals surface area contributed by atoms with Crippen LogP contribution in [0.15, 0.2) is 71.5 Å². The summed E-state index contributed by atoms with van der Waals surface area (Å²) in [4.78, 5) is 44.5. The normalized spacial score (nSPS) is 12.3. The van der Waals surface area contributed by atoms with Crippen molar-refractivity contribution in [1.29, 1.82) is 0 Å². The predicted octanol–water partition coefficient (Wildman–Crippen LogP) is 4.87. The number of carbonyl (C=O) groups excluding carboxylic acids is 1. The summed E-state index contributed by atoms with van der Waals surface area (Å²) in [6, 6.07) is 22.5. The second-order valence-corrected chi connectivity index (χ2v) is 10.5. The number of nitrogens with two attached hydrogens (primary N) is 1. The topological polar surface area (TPSA) is 134 Å². The molecule has 0 unspecified atom stereocenters. The third kappa shape index (κ3) is 5.82. The van der Waals surface area contributed by atoms with Crippen LogP contribution >= 0.6 is 0 Å². The Kier molecular flexibility index (Phi) is 8.49. The van der Waals surface area contributed by atoms with Crippen LogP contribution in [0, 0.1) is 0 Å². The van der Waals surface area contributed by atoms with Crippen molar-refractivity contribution in [2.45, 2.75) is 46.1 Å². The highest BCUT2D eigenvalue weighted by molar-refractivity contribution is 5.99. The molecule has 0 radical (unpaired) electrons. The number of aliphatic carboxylic acids is 1. The Morgan fingerprint density at radius 2 is 1.74 bits per heavy atom. The Bertz CT molecular complexity index is 1820. The lowest BCUT2D eigenvalue weighted by Gasteiger charge is -2.15. The molecule has 3 heterocycles. The third-order valence-corrected chi connectivity index (χ3v) is 7.53. The summed E-state index contributed by atoms with van der Waals surface area (Å²) in [5.41, 5.74) is 13.5. The first-order chi connectivity index (χ1) is 20.3. The molecule has 1 aliphatic heterocycles. The molecule has 2 aromatic heterocycles. The zero-order valence-electron chi connectivity index (χ0n) is 23.9. The first-order valence-corrected chi connectivity index (χ1v) is 14.2. The lowest BCUT2D eigenvalue weighted by Crippen LogP contribution is -2.25. The number of carbonyl (C=O) groups is 2. The standard InChI is InChI=1S/C31H31N5O2.C2H4O2/c1-20(37)35-16-13-22-18-24-25(19-27(22)35)34-31(38)30(33-24)29-23-11-5-6-12-26(23)36(15-8-7-14-32)28(29)17-21-9-3-2-4-10-21;1-2(3)4/h2-6,9-12,18-19H,7-8,13-17,32H2,1H3,(H,34,38);1H3,(H,3,4). The van der Waals surface area contributed by atoms with Crippen molar-refractivity contribution < 1.29 is 14.7 Å². The van der Waals surface area contributed by atoms with E-state index in [2.05, 4.69) is 33.8 Å². The average Bonchev–Trinajstić information content (AvgIpc) is 3.51. The van der Waals surface area contributed by atoms with E-state index in [0.29, 0.717) is 30.7 Å². The van der Waals surface area contributed by atoms with Crippen molar-refractivity contribution in [2.75, 3.05) is 18.0 Å². The number of H-pyrrole nitrogens is 1. The van der Waals surface area contributed by atoms with E-state index in [4.69, 9.17) is 20.6 Å². The number of nitrogens with zero attached hydrogens (tertiary/aromatic N) is 3. The summed E-state index contributed by atoms with van der Waals surface area (Å²) in [5.74, 6) is -0.831. The number of hydrogen-bond acceptors (Lipinski definition) is 5. The molecule has 216 valence electrons. The van der Waals surface area contributed by atoms with Crippen LogP contribution in [0.4, 0.5) is 5.69 Å². The van der Waals surface area contributed by atoms with Crippen LogP contribution in [0.3, 0.4) is 0 Å². The molecule has 0 saturated heterocycles. The van der Waals surface area contributed by atoms with Gasteiger partial charge < -0.3 is 25.3 Å². The molecule has 0 atom stereocenters. The Labute approximate surface area is 243 Å². The van der Waals surface area contributed by atoms with Gasteiger partial charge in [0.05, 0.1) is 11.0 Å². The summed E-state index contributed by atoms with van der Waals surface area (Å²) in [5, 5.41) is 8.44. The number of carboxylic acids is 1. The molecular weight excluding hydrogens is 530 g/mol. The molecule has 4 N–H and O–H groups in total. The Hall–Kier alpha value is -4.76. The number of fused-ring (bicyclic) bond motifs is 3. The largest absolute Gasteiger partial charge is 0.481 e. The maximum atomic E-state index is 13.6. The van der Waals surface area contributed by atoms with E-state index in [1.807, 2.05) is 42.5 Å². The van der Waals surface area contributed by atoms with Gasteiger partial charge in [0.2, 0.25) is 5.91 Å². The van der Waals surface area contributed by atoms with Gasteiger partial charge in [0, 0.05) is 61.2 Å². The highest BCUT2D eigenvalue weighted by atomic mass is 16.4. The Balaban J connectivity index is 0.000000830. The van der Waals surface area contributed by atoms with Crippen molar-refractivity contribution in [3.63, 3.8) is 0 Å². The first kappa shape index (κ1) is 28.8. The van der Waals surface area contributed by atoms with Gasteiger partial charge in [-0.25, -0.2) is 4.98 Å². The Morgan fingerprint density at radius 1 is 1.02 bits per heavy atom. The highest BCUT2D eigenvalue weighted by Crippen LogP contribution is 2.36. The van der Waals surface area contributed by atoms with Crippen LogP contribution in [-0.2, 0) is 29.0 Å². The number of hydrogen-bond donors (Lipinski definition) is 3. The SMILES string of the molecule is CC(=O)N1CCc2cc3nc(-c4c(Cc5ccccc5)n(CCCCN)c5ccccc45)c(=O)[nH]c3cc21.CC(=O)O. The maximum absolute atomic E-state index is 13.6. The van der Waals surface area contributed by atoms with Crippen molar-refractivity contribution in [3.05, 3.63) is 93.9 Å². The van der Waals surface area contributed by atoms with Gasteiger partial charge in [0.15, 0.2) is 0 Å².